The van der Waals surface area contributed by atoms with Crippen LogP contribution in [0.1, 0.15) is 12.8 Å². The fourth-order valence-electron chi connectivity index (χ4n) is 2.03. The van der Waals surface area contributed by atoms with E-state index in [1.165, 1.54) is 17.0 Å². The predicted octanol–water partition coefficient (Wildman–Crippen LogP) is 2.18. The van der Waals surface area contributed by atoms with Crippen LogP contribution in [0.5, 0.6) is 0 Å². The predicted molar refractivity (Wildman–Crippen MR) is 70.1 cm³/mol. The number of hydrogen-bond donors (Lipinski definition) is 1. The van der Waals surface area contributed by atoms with Crippen molar-refractivity contribution in [2.24, 2.45) is 5.73 Å². The van der Waals surface area contributed by atoms with Crippen molar-refractivity contribution in [3.63, 3.8) is 0 Å². The Morgan fingerprint density at radius 2 is 2.26 bits per heavy atom. The van der Waals surface area contributed by atoms with Crippen molar-refractivity contribution in [2.45, 2.75) is 18.9 Å². The second-order valence-corrected chi connectivity index (χ2v) is 5.07. The molecule has 5 nitrogen and oxygen atoms in total. The van der Waals surface area contributed by atoms with Gasteiger partial charge in [-0.25, -0.2) is 9.18 Å². The number of ether oxygens (including phenoxy) is 1. The van der Waals surface area contributed by atoms with Gasteiger partial charge in [0.05, 0.1) is 5.69 Å². The van der Waals surface area contributed by atoms with Crippen LogP contribution >= 0.6 is 15.9 Å². The molecule has 1 aromatic rings. The Balaban J connectivity index is 2.24. The molecule has 0 aromatic heterocycles. The molecule has 2 N–H and O–H groups in total. The van der Waals surface area contributed by atoms with Gasteiger partial charge in [-0.2, -0.15) is 0 Å². The fourth-order valence-corrected chi connectivity index (χ4v) is 2.36. The van der Waals surface area contributed by atoms with Gasteiger partial charge in [0.25, 0.3) is 5.91 Å². The normalized spacial score (nSPS) is 19.4. The second-order valence-electron chi connectivity index (χ2n) is 4.15. The van der Waals surface area contributed by atoms with Crippen LogP contribution in [0.25, 0.3) is 0 Å². The summed E-state index contributed by atoms with van der Waals surface area (Å²) in [5.74, 6) is -0.964. The smallest absolute Gasteiger partial charge is 0.405 e. The first-order valence-electron chi connectivity index (χ1n) is 5.71. The second kappa shape index (κ2) is 5.56. The molecular weight excluding hydrogens is 319 g/mol. The summed E-state index contributed by atoms with van der Waals surface area (Å²) < 4.78 is 19.2. The number of amides is 2. The van der Waals surface area contributed by atoms with Crippen molar-refractivity contribution in [3.05, 3.63) is 28.5 Å². The molecule has 1 saturated heterocycles. The zero-order chi connectivity index (χ0) is 14.0. The SMILES string of the molecule is NC(=O)OC1CCCN(c2ccc(Br)cc2F)C1=O. The molecule has 102 valence electrons. The van der Waals surface area contributed by atoms with Gasteiger partial charge in [-0.15, -0.1) is 0 Å². The van der Waals surface area contributed by atoms with Crippen LogP contribution in [-0.2, 0) is 9.53 Å². The van der Waals surface area contributed by atoms with E-state index in [1.54, 1.807) is 6.07 Å². The number of nitrogens with zero attached hydrogens (tertiary/aromatic N) is 1. The summed E-state index contributed by atoms with van der Waals surface area (Å²) >= 11 is 3.15. The summed E-state index contributed by atoms with van der Waals surface area (Å²) in [4.78, 5) is 24.1. The number of nitrogens with two attached hydrogens (primary N) is 1. The number of piperidine rings is 1. The molecule has 1 atom stereocenters. The Kier molecular flexibility index (Phi) is 4.04. The zero-order valence-electron chi connectivity index (χ0n) is 9.94. The van der Waals surface area contributed by atoms with Crippen molar-refractivity contribution in [1.82, 2.24) is 0 Å². The van der Waals surface area contributed by atoms with Crippen LogP contribution in [0.4, 0.5) is 14.9 Å². The molecule has 1 aliphatic heterocycles. The summed E-state index contributed by atoms with van der Waals surface area (Å²) in [7, 11) is 0. The highest BCUT2D eigenvalue weighted by molar-refractivity contribution is 9.10. The van der Waals surface area contributed by atoms with Gasteiger partial charge in [-0.3, -0.25) is 4.79 Å². The number of primary amides is 1. The van der Waals surface area contributed by atoms with Crippen LogP contribution in [0.15, 0.2) is 22.7 Å². The molecule has 2 amide bonds. The van der Waals surface area contributed by atoms with E-state index in [0.717, 1.165) is 0 Å². The number of rotatable bonds is 2. The Hall–Kier alpha value is -1.63. The third-order valence-electron chi connectivity index (χ3n) is 2.85. The zero-order valence-corrected chi connectivity index (χ0v) is 11.5. The van der Waals surface area contributed by atoms with E-state index in [1.807, 2.05) is 0 Å². The van der Waals surface area contributed by atoms with E-state index >= 15 is 0 Å². The molecule has 19 heavy (non-hydrogen) atoms. The van der Waals surface area contributed by atoms with E-state index in [9.17, 15) is 14.0 Å². The average molecular weight is 331 g/mol. The highest BCUT2D eigenvalue weighted by Gasteiger charge is 2.33. The number of benzene rings is 1. The van der Waals surface area contributed by atoms with Gasteiger partial charge >= 0.3 is 6.09 Å². The first kappa shape index (κ1) is 13.8. The van der Waals surface area contributed by atoms with Crippen molar-refractivity contribution in [3.8, 4) is 0 Å². The monoisotopic (exact) mass is 330 g/mol. The van der Waals surface area contributed by atoms with Crippen molar-refractivity contribution in [2.75, 3.05) is 11.4 Å². The minimum atomic E-state index is -1.00. The third kappa shape index (κ3) is 3.04. The van der Waals surface area contributed by atoms with Crippen molar-refractivity contribution < 1.29 is 18.7 Å². The lowest BCUT2D eigenvalue weighted by molar-refractivity contribution is -0.128. The molecule has 7 heteroatoms. The number of anilines is 1. The van der Waals surface area contributed by atoms with Crippen LogP contribution in [0, 0.1) is 5.82 Å². The lowest BCUT2D eigenvalue weighted by Crippen LogP contribution is -2.47. The minimum absolute atomic E-state index is 0.172. The summed E-state index contributed by atoms with van der Waals surface area (Å²) in [6, 6.07) is 4.43. The molecule has 1 heterocycles. The van der Waals surface area contributed by atoms with Gasteiger partial charge < -0.3 is 15.4 Å². The molecule has 0 bridgehead atoms. The molecule has 1 aromatic carbocycles. The fraction of sp³-hybridized carbons (Fsp3) is 0.333. The minimum Gasteiger partial charge on any atom is -0.436 e. The Bertz CT molecular complexity index is 524. The quantitative estimate of drug-likeness (QED) is 0.903. The van der Waals surface area contributed by atoms with Crippen molar-refractivity contribution in [1.29, 1.82) is 0 Å². The molecule has 1 aliphatic rings. The van der Waals surface area contributed by atoms with Gasteiger partial charge in [0, 0.05) is 11.0 Å². The van der Waals surface area contributed by atoms with Gasteiger partial charge in [0.15, 0.2) is 6.10 Å². The van der Waals surface area contributed by atoms with Gasteiger partial charge in [0.2, 0.25) is 0 Å². The summed E-state index contributed by atoms with van der Waals surface area (Å²) in [6.07, 6.45) is -0.930. The standard InChI is InChI=1S/C12H12BrFN2O3/c13-7-3-4-9(8(14)6-7)16-5-1-2-10(11(16)17)19-12(15)18/h3-4,6,10H,1-2,5H2,(H2,15,18). The lowest BCUT2D eigenvalue weighted by atomic mass is 10.1. The number of carbonyl (C=O) groups excluding carboxylic acids is 2. The molecule has 0 spiro atoms. The molecule has 0 saturated carbocycles. The average Bonchev–Trinajstić information content (AvgIpc) is 2.32. The molecule has 1 unspecified atom stereocenters. The molecule has 0 radical (unpaired) electrons. The van der Waals surface area contributed by atoms with Crippen LogP contribution < -0.4 is 10.6 Å². The Morgan fingerprint density at radius 3 is 2.89 bits per heavy atom. The van der Waals surface area contributed by atoms with Crippen LogP contribution in [-0.4, -0.2) is 24.6 Å². The van der Waals surface area contributed by atoms with Gasteiger partial charge in [-0.05, 0) is 31.0 Å². The molecule has 1 fully saturated rings. The highest BCUT2D eigenvalue weighted by Crippen LogP contribution is 2.27. The molecule has 0 aliphatic carbocycles. The lowest BCUT2D eigenvalue weighted by Gasteiger charge is -2.31. The molecular formula is C12H12BrFN2O3. The summed E-state index contributed by atoms with van der Waals surface area (Å²) in [5, 5.41) is 0. The van der Waals surface area contributed by atoms with Crippen molar-refractivity contribution >= 4 is 33.6 Å². The molecule has 2 rings (SSSR count). The number of halogens is 2. The maximum atomic E-state index is 13.8. The van der Waals surface area contributed by atoms with Crippen LogP contribution in [0.3, 0.4) is 0 Å². The largest absolute Gasteiger partial charge is 0.436 e. The summed E-state index contributed by atoms with van der Waals surface area (Å²) in [6.45, 7) is 0.385. The Labute approximate surface area is 117 Å². The maximum absolute atomic E-state index is 13.8. The first-order chi connectivity index (χ1) is 8.99. The van der Waals surface area contributed by atoms with E-state index in [0.29, 0.717) is 23.9 Å². The number of hydrogen-bond acceptors (Lipinski definition) is 3. The topological polar surface area (TPSA) is 72.6 Å². The first-order valence-corrected chi connectivity index (χ1v) is 6.51. The van der Waals surface area contributed by atoms with Gasteiger partial charge in [-0.1, -0.05) is 15.9 Å². The number of carbonyl (C=O) groups is 2. The van der Waals surface area contributed by atoms with E-state index < -0.39 is 23.9 Å². The highest BCUT2D eigenvalue weighted by atomic mass is 79.9. The van der Waals surface area contributed by atoms with E-state index in [2.05, 4.69) is 15.9 Å². The van der Waals surface area contributed by atoms with E-state index in [-0.39, 0.29) is 5.69 Å². The third-order valence-corrected chi connectivity index (χ3v) is 3.34. The van der Waals surface area contributed by atoms with Crippen LogP contribution in [0.2, 0.25) is 0 Å². The maximum Gasteiger partial charge on any atom is 0.405 e. The van der Waals surface area contributed by atoms with Gasteiger partial charge in [0.1, 0.15) is 5.82 Å². The summed E-state index contributed by atoms with van der Waals surface area (Å²) in [5.41, 5.74) is 5.08. The Morgan fingerprint density at radius 1 is 1.53 bits per heavy atom. The van der Waals surface area contributed by atoms with E-state index in [4.69, 9.17) is 10.5 Å².